The average molecular weight is 859 g/mol. The van der Waals surface area contributed by atoms with Crippen molar-refractivity contribution in [3.63, 3.8) is 0 Å². The molecule has 0 fully saturated rings. The van der Waals surface area contributed by atoms with E-state index < -0.39 is 11.8 Å². The first-order valence-electron chi connectivity index (χ1n) is 18.2. The van der Waals surface area contributed by atoms with E-state index in [1.807, 2.05) is 39.0 Å². The molecule has 0 aliphatic heterocycles. The van der Waals surface area contributed by atoms with Gasteiger partial charge in [0.05, 0.1) is 0 Å². The monoisotopic (exact) mass is 859 g/mol. The fourth-order valence-electron chi connectivity index (χ4n) is 6.73. The molecule has 7 aromatic rings. The summed E-state index contributed by atoms with van der Waals surface area (Å²) in [6, 6.07) is 48.8. The fraction of sp³-hybridized carbons (Fsp3) is 0.229. The SMILES string of the molecule is [2H]C([2H])(c1cnc2c3[c-]cc(CCc4cc(CCc5c[c-]ccc5)cc(CCc5c[c-]ccc5)c4)cc3c3ccccc3c2c1)C(C)(C)C.[C-]#[O+].[C-]#[O+].[Ir+3]. The van der Waals surface area contributed by atoms with E-state index in [4.69, 9.17) is 17.0 Å². The van der Waals surface area contributed by atoms with E-state index in [0.717, 1.165) is 71.0 Å². The Morgan fingerprint density at radius 3 is 1.56 bits per heavy atom. The van der Waals surface area contributed by atoms with Crippen LogP contribution < -0.4 is 0 Å². The van der Waals surface area contributed by atoms with Crippen LogP contribution in [0.5, 0.6) is 0 Å². The van der Waals surface area contributed by atoms with E-state index in [0.29, 0.717) is 5.56 Å². The van der Waals surface area contributed by atoms with Crippen LogP contribution in [0.4, 0.5) is 0 Å². The van der Waals surface area contributed by atoms with Gasteiger partial charge in [0.25, 0.3) is 0 Å². The van der Waals surface area contributed by atoms with Crippen LogP contribution in [0.3, 0.4) is 0 Å². The van der Waals surface area contributed by atoms with Gasteiger partial charge in [-0.05, 0) is 69.6 Å². The van der Waals surface area contributed by atoms with Crippen LogP contribution in [0.25, 0.3) is 32.4 Å². The van der Waals surface area contributed by atoms with Gasteiger partial charge in [0.2, 0.25) is 0 Å². The summed E-state index contributed by atoms with van der Waals surface area (Å²) >= 11 is 0. The molecule has 0 bridgehead atoms. The third-order valence-corrected chi connectivity index (χ3v) is 8.91. The molecule has 52 heavy (non-hydrogen) atoms. The first-order chi connectivity index (χ1) is 25.7. The molecule has 0 amide bonds. The Balaban J connectivity index is 0.00000126. The number of aryl methyl sites for hydroxylation is 6. The molecular formula is C48H42IrNO2. The van der Waals surface area contributed by atoms with Crippen molar-refractivity contribution in [2.24, 2.45) is 5.41 Å². The van der Waals surface area contributed by atoms with Crippen LogP contribution in [-0.2, 0) is 74.3 Å². The van der Waals surface area contributed by atoms with Gasteiger partial charge in [-0.25, -0.2) is 0 Å². The summed E-state index contributed by atoms with van der Waals surface area (Å²) in [7, 11) is 0. The largest absolute Gasteiger partial charge is 3.00 e. The molecule has 0 atom stereocenters. The second kappa shape index (κ2) is 19.3. The van der Waals surface area contributed by atoms with Crippen LogP contribution in [0, 0.1) is 36.9 Å². The first-order valence-corrected chi connectivity index (χ1v) is 17.2. The maximum absolute atomic E-state index is 8.88. The van der Waals surface area contributed by atoms with Crippen LogP contribution in [0.15, 0.2) is 115 Å². The Morgan fingerprint density at radius 1 is 0.577 bits per heavy atom. The molecule has 0 unspecified atom stereocenters. The maximum Gasteiger partial charge on any atom is 3.00 e. The number of rotatable bonds is 10. The number of nitrogens with zero attached hydrogens (tertiary/aromatic N) is 1. The minimum Gasteiger partial charge on any atom is 3.00 e. The second-order valence-electron chi connectivity index (χ2n) is 13.8. The van der Waals surface area contributed by atoms with Crippen molar-refractivity contribution in [1.29, 1.82) is 0 Å². The summed E-state index contributed by atoms with van der Waals surface area (Å²) in [6.45, 7) is 14.8. The van der Waals surface area contributed by atoms with Gasteiger partial charge < -0.3 is 4.98 Å². The standard InChI is InChI=1S/C46H42N.2CO.Ir/c1-46(2,3)31-39-30-44-41-17-11-10-16-40(41)43-29-35(24-25-42(43)45(44)47-32-39)20-23-38-27-36(21-18-33-12-6-4-7-13-33)26-37(28-38)22-19-34-14-8-5-9-15-34;2*1-2;/h4-6,8,10-17,24,26-30,32H,18-23,31H2,1-3H3;;;/q-3;;;+3/i31D2;;;. The zero-order valence-corrected chi connectivity index (χ0v) is 32.2. The molecule has 1 heterocycles. The van der Waals surface area contributed by atoms with Crippen LogP contribution in [0.1, 0.15) is 62.5 Å². The minimum atomic E-state index is -1.52. The molecule has 0 saturated heterocycles. The molecule has 0 N–H and O–H groups in total. The third kappa shape index (κ3) is 10.5. The van der Waals surface area contributed by atoms with Gasteiger partial charge >= 0.3 is 42.7 Å². The van der Waals surface area contributed by atoms with E-state index in [1.165, 1.54) is 33.4 Å². The Morgan fingerprint density at radius 2 is 1.06 bits per heavy atom. The van der Waals surface area contributed by atoms with Gasteiger partial charge in [0.15, 0.2) is 0 Å². The number of hydrogen-bond acceptors (Lipinski definition) is 1. The predicted octanol–water partition coefficient (Wildman–Crippen LogP) is 10.8. The van der Waals surface area contributed by atoms with E-state index in [9.17, 15) is 0 Å². The Hall–Kier alpha value is -4.62. The Bertz CT molecular complexity index is 2260. The molecule has 7 rings (SSSR count). The van der Waals surface area contributed by atoms with Gasteiger partial charge in [0, 0.05) is 8.94 Å². The fourth-order valence-corrected chi connectivity index (χ4v) is 6.73. The third-order valence-electron chi connectivity index (χ3n) is 8.91. The van der Waals surface area contributed by atoms with Gasteiger partial charge in [-0.3, -0.25) is 0 Å². The van der Waals surface area contributed by atoms with Gasteiger partial charge in [-0.1, -0.05) is 99.3 Å². The van der Waals surface area contributed by atoms with Gasteiger partial charge in [-0.15, -0.1) is 29.1 Å². The molecular weight excluding hydrogens is 815 g/mol. The molecule has 3 nitrogen and oxygen atoms in total. The second-order valence-corrected chi connectivity index (χ2v) is 13.8. The topological polar surface area (TPSA) is 52.7 Å². The van der Waals surface area contributed by atoms with Crippen molar-refractivity contribution >= 4 is 32.4 Å². The number of benzene rings is 6. The summed E-state index contributed by atoms with van der Waals surface area (Å²) < 4.78 is 32.8. The summed E-state index contributed by atoms with van der Waals surface area (Å²) in [5, 5.41) is 5.36. The molecule has 0 radical (unpaired) electrons. The molecule has 6 aromatic carbocycles. The maximum atomic E-state index is 8.88. The van der Waals surface area contributed by atoms with E-state index in [2.05, 4.69) is 122 Å². The molecule has 0 spiro atoms. The number of fused-ring (bicyclic) bond motifs is 6. The average Bonchev–Trinajstić information content (AvgIpc) is 3.20. The van der Waals surface area contributed by atoms with Crippen molar-refractivity contribution in [3.8, 4) is 0 Å². The molecule has 1 aromatic heterocycles. The summed E-state index contributed by atoms with van der Waals surface area (Å²) in [5.41, 5.74) is 8.97. The number of pyridine rings is 1. The van der Waals surface area contributed by atoms with Crippen LogP contribution in [-0.4, -0.2) is 4.98 Å². The zero-order chi connectivity index (χ0) is 38.0. The van der Waals surface area contributed by atoms with Crippen molar-refractivity contribution in [2.75, 3.05) is 0 Å². The van der Waals surface area contributed by atoms with Crippen molar-refractivity contribution in [3.05, 3.63) is 186 Å². The Labute approximate surface area is 325 Å². The van der Waals surface area contributed by atoms with Crippen LogP contribution >= 0.6 is 0 Å². The summed E-state index contributed by atoms with van der Waals surface area (Å²) in [6.07, 6.45) is 6.10. The van der Waals surface area contributed by atoms with Gasteiger partial charge in [0.1, 0.15) is 0 Å². The molecule has 260 valence electrons. The summed E-state index contributed by atoms with van der Waals surface area (Å²) in [5.74, 6) is 0. The number of aromatic nitrogens is 1. The van der Waals surface area contributed by atoms with Gasteiger partial charge in [-0.2, -0.15) is 71.8 Å². The van der Waals surface area contributed by atoms with Crippen molar-refractivity contribution in [2.45, 2.75) is 65.7 Å². The van der Waals surface area contributed by atoms with Crippen molar-refractivity contribution in [1.82, 2.24) is 4.98 Å². The molecule has 0 aliphatic carbocycles. The number of hydrogen-bond donors (Lipinski definition) is 0. The normalized spacial score (nSPS) is 11.7. The van der Waals surface area contributed by atoms with E-state index in [1.54, 1.807) is 6.20 Å². The van der Waals surface area contributed by atoms with Crippen molar-refractivity contribution < 1.29 is 32.2 Å². The van der Waals surface area contributed by atoms with Crippen LogP contribution in [0.2, 0.25) is 0 Å². The zero-order valence-electron chi connectivity index (χ0n) is 31.8. The predicted molar refractivity (Wildman–Crippen MR) is 206 cm³/mol. The molecule has 0 aliphatic rings. The van der Waals surface area contributed by atoms with E-state index >= 15 is 0 Å². The quantitative estimate of drug-likeness (QED) is 0.0768. The molecule has 0 saturated carbocycles. The smallest absolute Gasteiger partial charge is 3.00 e. The Kier molecular flexibility index (Phi) is 13.8. The first kappa shape index (κ1) is 37.1. The summed E-state index contributed by atoms with van der Waals surface area (Å²) in [4.78, 5) is 4.89. The minimum absolute atomic E-state index is 0. The van der Waals surface area contributed by atoms with E-state index in [-0.39, 0.29) is 20.1 Å². The molecule has 4 heteroatoms.